The van der Waals surface area contributed by atoms with Crippen molar-refractivity contribution in [2.75, 3.05) is 7.05 Å². The van der Waals surface area contributed by atoms with Crippen LogP contribution in [0.2, 0.25) is 15.1 Å². The van der Waals surface area contributed by atoms with E-state index >= 15 is 4.39 Å². The first-order chi connectivity index (χ1) is 17.5. The van der Waals surface area contributed by atoms with E-state index in [-0.39, 0.29) is 61.5 Å². The molecule has 0 saturated carbocycles. The van der Waals surface area contributed by atoms with E-state index in [2.05, 4.69) is 10.2 Å². The predicted octanol–water partition coefficient (Wildman–Crippen LogP) is 6.14. The number of nitrogens with one attached hydrogen (secondary N) is 1. The highest BCUT2D eigenvalue weighted by atomic mass is 35.5. The van der Waals surface area contributed by atoms with Gasteiger partial charge in [-0.1, -0.05) is 40.9 Å². The van der Waals surface area contributed by atoms with Crippen molar-refractivity contribution in [2.24, 2.45) is 0 Å². The molecule has 0 saturated heterocycles. The zero-order chi connectivity index (χ0) is 26.9. The van der Waals surface area contributed by atoms with Crippen molar-refractivity contribution < 1.29 is 26.4 Å². The molecule has 0 spiro atoms. The minimum Gasteiger partial charge on any atom is -0.453 e. The molecule has 0 fully saturated rings. The molecule has 37 heavy (non-hydrogen) atoms. The van der Waals surface area contributed by atoms with Crippen LogP contribution in [0.4, 0.5) is 8.78 Å². The molecule has 0 amide bonds. The molecule has 0 unspecified atom stereocenters. The fourth-order valence-corrected chi connectivity index (χ4v) is 4.66. The fraction of sp³-hybridized carbons (Fsp3) is 0.0870. The maximum atomic E-state index is 15.3. The van der Waals surface area contributed by atoms with Crippen molar-refractivity contribution in [1.29, 1.82) is 5.26 Å². The topological polar surface area (TPSA) is 118 Å². The second-order valence-electron chi connectivity index (χ2n) is 7.39. The number of nitriles is 1. The standard InChI is InChI=1S/C23H13Cl3F2N4O4S/c1-30-37(33,34)19-8-15(17(26)9-18(19)27)23-32-31-20(36-23)6-12-2-3-16(25)22(21(12)28)35-14-5-11(10-29)4-13(24)7-14/h2-5,7-9,30H,6H2,1H3. The quantitative estimate of drug-likeness (QED) is 0.277. The van der Waals surface area contributed by atoms with Crippen molar-refractivity contribution in [1.82, 2.24) is 14.9 Å². The third-order valence-electron chi connectivity index (χ3n) is 4.97. The SMILES string of the molecule is CNS(=O)(=O)c1cc(-c2nnc(Cc3ccc(Cl)c(Oc4cc(Cl)cc(C#N)c4)c3F)o2)c(Cl)cc1F. The van der Waals surface area contributed by atoms with Gasteiger partial charge >= 0.3 is 0 Å². The van der Waals surface area contributed by atoms with Gasteiger partial charge in [-0.05, 0) is 43.4 Å². The van der Waals surface area contributed by atoms with E-state index in [4.69, 9.17) is 49.2 Å². The highest BCUT2D eigenvalue weighted by Crippen LogP contribution is 2.36. The van der Waals surface area contributed by atoms with Crippen LogP contribution in [0.15, 0.2) is 51.8 Å². The Morgan fingerprint density at radius 2 is 1.84 bits per heavy atom. The molecule has 4 rings (SSSR count). The van der Waals surface area contributed by atoms with E-state index in [9.17, 15) is 12.8 Å². The van der Waals surface area contributed by atoms with Crippen LogP contribution in [0.25, 0.3) is 11.5 Å². The number of hydrogen-bond acceptors (Lipinski definition) is 7. The molecule has 4 aromatic rings. The first-order valence-electron chi connectivity index (χ1n) is 10.1. The van der Waals surface area contributed by atoms with Gasteiger partial charge in [-0.25, -0.2) is 21.9 Å². The molecule has 190 valence electrons. The molecule has 0 aliphatic carbocycles. The predicted molar refractivity (Wildman–Crippen MR) is 131 cm³/mol. The maximum absolute atomic E-state index is 15.3. The van der Waals surface area contributed by atoms with E-state index in [0.29, 0.717) is 0 Å². The second-order valence-corrected chi connectivity index (χ2v) is 10.5. The Bertz CT molecular complexity index is 1670. The second kappa shape index (κ2) is 10.6. The molecule has 1 heterocycles. The van der Waals surface area contributed by atoms with Crippen molar-refractivity contribution in [3.8, 4) is 29.0 Å². The molecular formula is C23H13Cl3F2N4O4S. The van der Waals surface area contributed by atoms with Crippen molar-refractivity contribution in [3.63, 3.8) is 0 Å². The van der Waals surface area contributed by atoms with Crippen LogP contribution in [0.5, 0.6) is 11.5 Å². The van der Waals surface area contributed by atoms with Crippen LogP contribution in [-0.2, 0) is 16.4 Å². The molecule has 1 N–H and O–H groups in total. The summed E-state index contributed by atoms with van der Waals surface area (Å²) in [5, 5.41) is 16.8. The number of sulfonamides is 1. The molecule has 0 aliphatic rings. The summed E-state index contributed by atoms with van der Waals surface area (Å²) >= 11 is 18.2. The van der Waals surface area contributed by atoms with Crippen molar-refractivity contribution in [2.45, 2.75) is 11.3 Å². The summed E-state index contributed by atoms with van der Waals surface area (Å²) < 4.78 is 66.8. The highest BCUT2D eigenvalue weighted by molar-refractivity contribution is 7.89. The lowest BCUT2D eigenvalue weighted by Gasteiger charge is -2.12. The molecule has 0 atom stereocenters. The Morgan fingerprint density at radius 1 is 1.08 bits per heavy atom. The van der Waals surface area contributed by atoms with Gasteiger partial charge in [0.25, 0.3) is 0 Å². The van der Waals surface area contributed by atoms with E-state index < -0.39 is 26.6 Å². The number of benzene rings is 3. The highest BCUT2D eigenvalue weighted by Gasteiger charge is 2.23. The zero-order valence-electron chi connectivity index (χ0n) is 18.5. The van der Waals surface area contributed by atoms with Crippen LogP contribution >= 0.6 is 34.8 Å². The van der Waals surface area contributed by atoms with Gasteiger partial charge in [-0.3, -0.25) is 0 Å². The molecule has 8 nitrogen and oxygen atoms in total. The Labute approximate surface area is 224 Å². The summed E-state index contributed by atoms with van der Waals surface area (Å²) in [5.41, 5.74) is 0.241. The van der Waals surface area contributed by atoms with Gasteiger partial charge in [0.1, 0.15) is 16.5 Å². The van der Waals surface area contributed by atoms with Crippen LogP contribution in [0, 0.1) is 23.0 Å². The molecular weight excluding hydrogens is 573 g/mol. The minimum absolute atomic E-state index is 0.0366. The fourth-order valence-electron chi connectivity index (χ4n) is 3.21. The summed E-state index contributed by atoms with van der Waals surface area (Å²) in [6.07, 6.45) is -0.203. The lowest BCUT2D eigenvalue weighted by Crippen LogP contribution is -2.20. The smallest absolute Gasteiger partial charge is 0.249 e. The van der Waals surface area contributed by atoms with Crippen LogP contribution < -0.4 is 9.46 Å². The van der Waals surface area contributed by atoms with Crippen LogP contribution in [0.1, 0.15) is 17.0 Å². The first kappa shape index (κ1) is 26.8. The first-order valence-corrected chi connectivity index (χ1v) is 12.7. The van der Waals surface area contributed by atoms with Gasteiger partial charge in [0.15, 0.2) is 11.6 Å². The lowest BCUT2D eigenvalue weighted by molar-refractivity contribution is 0.437. The van der Waals surface area contributed by atoms with Crippen LogP contribution in [0.3, 0.4) is 0 Å². The third-order valence-corrected chi connectivity index (χ3v) is 7.23. The average molecular weight is 586 g/mol. The van der Waals surface area contributed by atoms with Gasteiger partial charge in [0.05, 0.1) is 33.7 Å². The summed E-state index contributed by atoms with van der Waals surface area (Å²) in [6, 6.07) is 10.6. The molecule has 1 aromatic heterocycles. The Hall–Kier alpha value is -3.27. The van der Waals surface area contributed by atoms with Crippen molar-refractivity contribution >= 4 is 44.8 Å². The van der Waals surface area contributed by atoms with Gasteiger partial charge in [-0.15, -0.1) is 10.2 Å². The molecule has 3 aromatic carbocycles. The molecule has 0 aliphatic heterocycles. The number of ether oxygens (including phenoxy) is 1. The Balaban J connectivity index is 1.65. The minimum atomic E-state index is -4.14. The summed E-state index contributed by atoms with van der Waals surface area (Å²) in [7, 11) is -3.01. The van der Waals surface area contributed by atoms with E-state index in [1.54, 1.807) is 0 Å². The molecule has 0 radical (unpaired) electrons. The average Bonchev–Trinajstić information content (AvgIpc) is 3.31. The molecule has 14 heteroatoms. The van der Waals surface area contributed by atoms with E-state index in [1.165, 1.54) is 30.3 Å². The van der Waals surface area contributed by atoms with E-state index in [1.807, 2.05) is 10.8 Å². The number of halogens is 5. The normalized spacial score (nSPS) is 11.4. The number of aromatic nitrogens is 2. The number of hydrogen-bond donors (Lipinski definition) is 1. The van der Waals surface area contributed by atoms with E-state index in [0.717, 1.165) is 19.2 Å². The Morgan fingerprint density at radius 3 is 2.54 bits per heavy atom. The third kappa shape index (κ3) is 5.69. The summed E-state index contributed by atoms with van der Waals surface area (Å²) in [4.78, 5) is -0.666. The van der Waals surface area contributed by atoms with Crippen molar-refractivity contribution in [3.05, 3.63) is 86.2 Å². The van der Waals surface area contributed by atoms with Gasteiger partial charge in [0.2, 0.25) is 21.8 Å². The summed E-state index contributed by atoms with van der Waals surface area (Å²) in [5.74, 6) is -2.38. The van der Waals surface area contributed by atoms with Gasteiger partial charge < -0.3 is 9.15 Å². The maximum Gasteiger partial charge on any atom is 0.249 e. The van der Waals surface area contributed by atoms with Gasteiger partial charge in [0, 0.05) is 10.6 Å². The lowest BCUT2D eigenvalue weighted by atomic mass is 10.1. The van der Waals surface area contributed by atoms with Gasteiger partial charge in [-0.2, -0.15) is 5.26 Å². The Kier molecular flexibility index (Phi) is 7.68. The largest absolute Gasteiger partial charge is 0.453 e. The molecule has 0 bridgehead atoms. The summed E-state index contributed by atoms with van der Waals surface area (Å²) in [6.45, 7) is 0. The number of rotatable bonds is 7. The zero-order valence-corrected chi connectivity index (χ0v) is 21.6. The number of nitrogens with zero attached hydrogens (tertiary/aromatic N) is 3. The monoisotopic (exact) mass is 584 g/mol. The van der Waals surface area contributed by atoms with Crippen LogP contribution in [-0.4, -0.2) is 25.7 Å².